The maximum absolute atomic E-state index is 12.5. The molecule has 26 heavy (non-hydrogen) atoms. The summed E-state index contributed by atoms with van der Waals surface area (Å²) in [4.78, 5) is 0.470. The highest BCUT2D eigenvalue weighted by Crippen LogP contribution is 2.28. The fourth-order valence-electron chi connectivity index (χ4n) is 2.57. The molecule has 0 atom stereocenters. The zero-order valence-corrected chi connectivity index (χ0v) is 17.4. The molecule has 1 aliphatic heterocycles. The molecule has 0 amide bonds. The highest BCUT2D eigenvalue weighted by atomic mass is 35.5. The van der Waals surface area contributed by atoms with E-state index < -0.39 is 20.0 Å². The summed E-state index contributed by atoms with van der Waals surface area (Å²) in [5.41, 5.74) is 0. The van der Waals surface area contributed by atoms with Crippen LogP contribution in [0.15, 0.2) is 39.4 Å². The Bertz CT molecular complexity index is 1010. The number of benzene rings is 1. The van der Waals surface area contributed by atoms with Crippen molar-refractivity contribution in [3.05, 3.63) is 45.3 Å². The Balaban J connectivity index is 1.74. The van der Waals surface area contributed by atoms with Gasteiger partial charge >= 0.3 is 0 Å². The maximum atomic E-state index is 12.5. The average molecular weight is 455 g/mol. The van der Waals surface area contributed by atoms with Crippen molar-refractivity contribution in [1.82, 2.24) is 9.03 Å². The Morgan fingerprint density at radius 2 is 1.73 bits per heavy atom. The molecule has 0 saturated carbocycles. The van der Waals surface area contributed by atoms with Crippen LogP contribution in [0.25, 0.3) is 0 Å². The maximum Gasteiger partial charge on any atom is 0.252 e. The molecule has 0 bridgehead atoms. The molecule has 1 saturated heterocycles. The van der Waals surface area contributed by atoms with Crippen molar-refractivity contribution in [1.29, 1.82) is 0 Å². The quantitative estimate of drug-likeness (QED) is 0.725. The summed E-state index contributed by atoms with van der Waals surface area (Å²) in [6, 6.07) is 7.29. The standard InChI is InChI=1S/C15H16Cl2N2O4S3/c16-11-3-5-13(17)14(9-11)25(20,21)18-10-12-4-6-15(24-12)26(22,23)19-7-1-2-8-19/h3-6,9,18H,1-2,7-8,10H2. The SMILES string of the molecule is O=S(=O)(NCc1ccc(S(=O)(=O)N2CCCC2)s1)c1cc(Cl)ccc1Cl. The second kappa shape index (κ2) is 7.75. The van der Waals surface area contributed by atoms with Crippen LogP contribution in [-0.2, 0) is 26.6 Å². The Hall–Kier alpha value is -0.680. The van der Waals surface area contributed by atoms with Gasteiger partial charge in [-0.1, -0.05) is 23.2 Å². The third-order valence-electron chi connectivity index (χ3n) is 3.92. The average Bonchev–Trinajstić information content (AvgIpc) is 3.27. The molecule has 0 radical (unpaired) electrons. The molecule has 2 aromatic rings. The molecule has 0 unspecified atom stereocenters. The van der Waals surface area contributed by atoms with E-state index in [4.69, 9.17) is 23.2 Å². The molecule has 1 N–H and O–H groups in total. The minimum absolute atomic E-state index is 0.0363. The van der Waals surface area contributed by atoms with Crippen molar-refractivity contribution in [2.24, 2.45) is 0 Å². The van der Waals surface area contributed by atoms with E-state index in [9.17, 15) is 16.8 Å². The molecule has 2 heterocycles. The third-order valence-corrected chi connectivity index (χ3v) is 9.48. The Morgan fingerprint density at radius 3 is 2.42 bits per heavy atom. The third kappa shape index (κ3) is 4.24. The van der Waals surface area contributed by atoms with Crippen LogP contribution in [0.3, 0.4) is 0 Å². The second-order valence-corrected chi connectivity index (χ2v) is 11.6. The molecular weight excluding hydrogens is 439 g/mol. The van der Waals surface area contributed by atoms with Gasteiger partial charge in [-0.3, -0.25) is 0 Å². The number of hydrogen-bond donors (Lipinski definition) is 1. The van der Waals surface area contributed by atoms with E-state index >= 15 is 0 Å². The number of hydrogen-bond acceptors (Lipinski definition) is 5. The van der Waals surface area contributed by atoms with Crippen LogP contribution in [0.5, 0.6) is 0 Å². The van der Waals surface area contributed by atoms with Gasteiger partial charge in [0.05, 0.1) is 5.02 Å². The van der Waals surface area contributed by atoms with E-state index in [0.717, 1.165) is 24.2 Å². The monoisotopic (exact) mass is 454 g/mol. The smallest absolute Gasteiger partial charge is 0.207 e. The lowest BCUT2D eigenvalue weighted by Gasteiger charge is -2.13. The highest BCUT2D eigenvalue weighted by Gasteiger charge is 2.28. The van der Waals surface area contributed by atoms with E-state index in [-0.39, 0.29) is 25.7 Å². The lowest BCUT2D eigenvalue weighted by atomic mass is 10.4. The normalized spacial score (nSPS) is 16.2. The fourth-order valence-corrected chi connectivity index (χ4v) is 7.40. The van der Waals surface area contributed by atoms with Gasteiger partial charge in [-0.05, 0) is 43.2 Å². The second-order valence-electron chi connectivity index (χ2n) is 5.73. The van der Waals surface area contributed by atoms with Crippen molar-refractivity contribution < 1.29 is 16.8 Å². The van der Waals surface area contributed by atoms with E-state index in [0.29, 0.717) is 18.0 Å². The van der Waals surface area contributed by atoms with Crippen molar-refractivity contribution >= 4 is 54.6 Å². The van der Waals surface area contributed by atoms with Gasteiger partial charge in [0.25, 0.3) is 10.0 Å². The lowest BCUT2D eigenvalue weighted by molar-refractivity contribution is 0.479. The summed E-state index contributed by atoms with van der Waals surface area (Å²) in [6.45, 7) is 1.01. The first-order valence-electron chi connectivity index (χ1n) is 7.74. The van der Waals surface area contributed by atoms with E-state index in [1.54, 1.807) is 6.07 Å². The molecule has 1 aromatic carbocycles. The largest absolute Gasteiger partial charge is 0.252 e. The molecule has 142 valence electrons. The van der Waals surface area contributed by atoms with Gasteiger partial charge in [-0.15, -0.1) is 11.3 Å². The minimum atomic E-state index is -3.87. The van der Waals surface area contributed by atoms with Crippen LogP contribution >= 0.6 is 34.5 Å². The minimum Gasteiger partial charge on any atom is -0.207 e. The summed E-state index contributed by atoms with van der Waals surface area (Å²) in [5.74, 6) is 0. The van der Waals surface area contributed by atoms with Crippen molar-refractivity contribution in [2.75, 3.05) is 13.1 Å². The van der Waals surface area contributed by atoms with Gasteiger partial charge in [0.15, 0.2) is 0 Å². The summed E-state index contributed by atoms with van der Waals surface area (Å²) in [6.07, 6.45) is 1.72. The summed E-state index contributed by atoms with van der Waals surface area (Å²) in [5, 5.41) is 0.315. The summed E-state index contributed by atoms with van der Waals surface area (Å²) < 4.78 is 54.0. The molecule has 0 aliphatic carbocycles. The first-order valence-corrected chi connectivity index (χ1v) is 12.2. The van der Waals surface area contributed by atoms with Crippen molar-refractivity contribution in [3.63, 3.8) is 0 Å². The molecule has 3 rings (SSSR count). The van der Waals surface area contributed by atoms with E-state index in [1.165, 1.54) is 28.6 Å². The van der Waals surface area contributed by atoms with Gasteiger partial charge in [-0.25, -0.2) is 21.6 Å². The summed E-state index contributed by atoms with van der Waals surface area (Å²) >= 11 is 12.8. The van der Waals surface area contributed by atoms with Crippen LogP contribution in [0.4, 0.5) is 0 Å². The van der Waals surface area contributed by atoms with Crippen LogP contribution in [0.2, 0.25) is 10.0 Å². The predicted octanol–water partition coefficient (Wildman–Crippen LogP) is 3.32. The van der Waals surface area contributed by atoms with E-state index in [2.05, 4.69) is 4.72 Å². The number of nitrogens with one attached hydrogen (secondary N) is 1. The van der Waals surface area contributed by atoms with Gasteiger partial charge in [0, 0.05) is 29.5 Å². The number of nitrogens with zero attached hydrogens (tertiary/aromatic N) is 1. The number of rotatable bonds is 6. The predicted molar refractivity (Wildman–Crippen MR) is 103 cm³/mol. The van der Waals surface area contributed by atoms with Gasteiger partial charge in [0.1, 0.15) is 9.10 Å². The number of thiophene rings is 1. The molecule has 6 nitrogen and oxygen atoms in total. The first-order chi connectivity index (χ1) is 12.2. The van der Waals surface area contributed by atoms with Crippen LogP contribution < -0.4 is 4.72 Å². The fraction of sp³-hybridized carbons (Fsp3) is 0.333. The van der Waals surface area contributed by atoms with Crippen molar-refractivity contribution in [3.8, 4) is 0 Å². The Kier molecular flexibility index (Phi) is 5.98. The van der Waals surface area contributed by atoms with Crippen LogP contribution in [0.1, 0.15) is 17.7 Å². The summed E-state index contributed by atoms with van der Waals surface area (Å²) in [7, 11) is -7.37. The van der Waals surface area contributed by atoms with Crippen molar-refractivity contribution in [2.45, 2.75) is 28.5 Å². The Morgan fingerprint density at radius 1 is 1.04 bits per heavy atom. The zero-order valence-electron chi connectivity index (χ0n) is 13.5. The molecule has 0 spiro atoms. The van der Waals surface area contributed by atoms with Gasteiger partial charge in [0.2, 0.25) is 10.0 Å². The van der Waals surface area contributed by atoms with Crippen LogP contribution in [-0.4, -0.2) is 34.2 Å². The Labute approximate surface area is 166 Å². The molecular formula is C15H16Cl2N2O4S3. The van der Waals surface area contributed by atoms with E-state index in [1.807, 2.05) is 0 Å². The lowest BCUT2D eigenvalue weighted by Crippen LogP contribution is -2.27. The zero-order chi connectivity index (χ0) is 18.9. The molecule has 1 aromatic heterocycles. The first kappa shape index (κ1) is 20.1. The van der Waals surface area contributed by atoms with Crippen LogP contribution in [0, 0.1) is 0 Å². The van der Waals surface area contributed by atoms with Gasteiger partial charge < -0.3 is 0 Å². The van der Waals surface area contributed by atoms with Gasteiger partial charge in [-0.2, -0.15) is 4.31 Å². The highest BCUT2D eigenvalue weighted by molar-refractivity contribution is 7.91. The molecule has 11 heteroatoms. The molecule has 1 fully saturated rings. The topological polar surface area (TPSA) is 83.5 Å². The molecule has 1 aliphatic rings. The number of sulfonamides is 2. The number of halogens is 2.